The number of benzene rings is 2. The van der Waals surface area contributed by atoms with Crippen molar-refractivity contribution in [3.63, 3.8) is 0 Å². The van der Waals surface area contributed by atoms with Crippen LogP contribution in [0.25, 0.3) is 0 Å². The SMILES string of the molecule is COc1ccc(C(=O)c2cccc(OC)c2N)c(OC)c1. The van der Waals surface area contributed by atoms with E-state index in [0.717, 1.165) is 0 Å². The largest absolute Gasteiger partial charge is 0.497 e. The molecule has 110 valence electrons. The van der Waals surface area contributed by atoms with E-state index in [0.29, 0.717) is 34.1 Å². The van der Waals surface area contributed by atoms with Crippen LogP contribution in [0, 0.1) is 0 Å². The minimum Gasteiger partial charge on any atom is -0.497 e. The molecule has 0 amide bonds. The minimum absolute atomic E-state index is 0.231. The molecule has 0 aromatic heterocycles. The highest BCUT2D eigenvalue weighted by Crippen LogP contribution is 2.31. The predicted molar refractivity (Wildman–Crippen MR) is 80.4 cm³/mol. The molecule has 0 aliphatic heterocycles. The van der Waals surface area contributed by atoms with Crippen molar-refractivity contribution in [2.24, 2.45) is 0 Å². The van der Waals surface area contributed by atoms with Crippen LogP contribution >= 0.6 is 0 Å². The smallest absolute Gasteiger partial charge is 0.198 e. The Bertz CT molecular complexity index is 667. The van der Waals surface area contributed by atoms with Crippen molar-refractivity contribution in [3.8, 4) is 17.2 Å². The van der Waals surface area contributed by atoms with Crippen LogP contribution in [0.2, 0.25) is 0 Å². The molecule has 0 spiro atoms. The van der Waals surface area contributed by atoms with Crippen molar-refractivity contribution >= 4 is 11.5 Å². The first-order chi connectivity index (χ1) is 10.1. The summed E-state index contributed by atoms with van der Waals surface area (Å²) in [5.74, 6) is 1.28. The Morgan fingerprint density at radius 2 is 1.62 bits per heavy atom. The van der Waals surface area contributed by atoms with E-state index in [2.05, 4.69) is 0 Å². The van der Waals surface area contributed by atoms with Gasteiger partial charge in [-0.05, 0) is 24.3 Å². The van der Waals surface area contributed by atoms with Crippen LogP contribution in [0.3, 0.4) is 0 Å². The van der Waals surface area contributed by atoms with Crippen molar-refractivity contribution in [2.75, 3.05) is 27.1 Å². The number of hydrogen-bond donors (Lipinski definition) is 1. The Morgan fingerprint density at radius 1 is 0.905 bits per heavy atom. The second-order valence-corrected chi connectivity index (χ2v) is 4.32. The van der Waals surface area contributed by atoms with E-state index in [1.54, 1.807) is 43.5 Å². The van der Waals surface area contributed by atoms with Crippen molar-refractivity contribution in [1.29, 1.82) is 0 Å². The summed E-state index contributed by atoms with van der Waals surface area (Å²) in [5.41, 5.74) is 7.06. The highest BCUT2D eigenvalue weighted by Gasteiger charge is 2.19. The number of hydrogen-bond acceptors (Lipinski definition) is 5. The topological polar surface area (TPSA) is 70.8 Å². The molecule has 0 saturated heterocycles. The van der Waals surface area contributed by atoms with Crippen molar-refractivity contribution in [1.82, 2.24) is 0 Å². The molecule has 0 fully saturated rings. The molecule has 21 heavy (non-hydrogen) atoms. The van der Waals surface area contributed by atoms with E-state index in [-0.39, 0.29) is 5.78 Å². The van der Waals surface area contributed by atoms with E-state index in [9.17, 15) is 4.79 Å². The number of anilines is 1. The standard InChI is InChI=1S/C16H17NO4/c1-19-10-7-8-11(14(9-10)21-3)16(18)12-5-4-6-13(20-2)15(12)17/h4-9H,17H2,1-3H3. The Kier molecular flexibility index (Phi) is 4.33. The molecule has 0 atom stereocenters. The molecule has 5 heteroatoms. The third kappa shape index (κ3) is 2.76. The normalized spacial score (nSPS) is 10.0. The van der Waals surface area contributed by atoms with Crippen molar-refractivity contribution in [3.05, 3.63) is 47.5 Å². The van der Waals surface area contributed by atoms with Crippen LogP contribution in [0.4, 0.5) is 5.69 Å². The lowest BCUT2D eigenvalue weighted by Gasteiger charge is -2.12. The molecular weight excluding hydrogens is 270 g/mol. The van der Waals surface area contributed by atoms with Gasteiger partial charge in [0.05, 0.1) is 32.6 Å². The summed E-state index contributed by atoms with van der Waals surface area (Å²) in [6.07, 6.45) is 0. The highest BCUT2D eigenvalue weighted by molar-refractivity contribution is 6.14. The lowest BCUT2D eigenvalue weighted by Crippen LogP contribution is -2.08. The number of ether oxygens (including phenoxy) is 3. The van der Waals surface area contributed by atoms with Crippen LogP contribution in [0.5, 0.6) is 17.2 Å². The Hall–Kier alpha value is -2.69. The Morgan fingerprint density at radius 3 is 2.24 bits per heavy atom. The maximum atomic E-state index is 12.7. The van der Waals surface area contributed by atoms with Gasteiger partial charge in [-0.2, -0.15) is 0 Å². The third-order valence-electron chi connectivity index (χ3n) is 3.18. The van der Waals surface area contributed by atoms with Gasteiger partial charge in [-0.15, -0.1) is 0 Å². The Labute approximate surface area is 123 Å². The molecule has 2 N–H and O–H groups in total. The quantitative estimate of drug-likeness (QED) is 0.676. The van der Waals surface area contributed by atoms with Gasteiger partial charge < -0.3 is 19.9 Å². The highest BCUT2D eigenvalue weighted by atomic mass is 16.5. The predicted octanol–water partition coefficient (Wildman–Crippen LogP) is 2.53. The number of methoxy groups -OCH3 is 3. The van der Waals surface area contributed by atoms with Crippen LogP contribution in [0.15, 0.2) is 36.4 Å². The number of carbonyl (C=O) groups excluding carboxylic acids is 1. The molecule has 2 aromatic rings. The number of nitrogen functional groups attached to an aromatic ring is 1. The first-order valence-corrected chi connectivity index (χ1v) is 6.31. The lowest BCUT2D eigenvalue weighted by molar-refractivity contribution is 0.103. The molecule has 0 aliphatic carbocycles. The molecule has 5 nitrogen and oxygen atoms in total. The molecule has 0 saturated carbocycles. The van der Waals surface area contributed by atoms with E-state index >= 15 is 0 Å². The van der Waals surface area contributed by atoms with E-state index in [1.807, 2.05) is 0 Å². The first-order valence-electron chi connectivity index (χ1n) is 6.31. The average Bonchev–Trinajstić information content (AvgIpc) is 2.53. The molecule has 0 unspecified atom stereocenters. The van der Waals surface area contributed by atoms with Gasteiger partial charge in [-0.1, -0.05) is 6.07 Å². The maximum Gasteiger partial charge on any atom is 0.198 e. The van der Waals surface area contributed by atoms with E-state index in [1.165, 1.54) is 14.2 Å². The number of carbonyl (C=O) groups is 1. The van der Waals surface area contributed by atoms with Gasteiger partial charge >= 0.3 is 0 Å². The fourth-order valence-corrected chi connectivity index (χ4v) is 2.05. The van der Waals surface area contributed by atoms with Gasteiger partial charge in [0.15, 0.2) is 5.78 Å². The van der Waals surface area contributed by atoms with Gasteiger partial charge in [-0.25, -0.2) is 0 Å². The second-order valence-electron chi connectivity index (χ2n) is 4.32. The second kappa shape index (κ2) is 6.17. The molecule has 2 aromatic carbocycles. The first kappa shape index (κ1) is 14.7. The van der Waals surface area contributed by atoms with Gasteiger partial charge in [0, 0.05) is 11.6 Å². The Balaban J connectivity index is 2.50. The number of rotatable bonds is 5. The van der Waals surface area contributed by atoms with E-state index in [4.69, 9.17) is 19.9 Å². The summed E-state index contributed by atoms with van der Waals surface area (Å²) in [5, 5.41) is 0. The monoisotopic (exact) mass is 287 g/mol. The van der Waals surface area contributed by atoms with Crippen LogP contribution in [-0.4, -0.2) is 27.1 Å². The molecule has 0 aliphatic rings. The zero-order chi connectivity index (χ0) is 15.4. The summed E-state index contributed by atoms with van der Waals surface area (Å²) in [7, 11) is 4.56. The summed E-state index contributed by atoms with van der Waals surface area (Å²) < 4.78 is 15.5. The summed E-state index contributed by atoms with van der Waals surface area (Å²) in [4.78, 5) is 12.7. The minimum atomic E-state index is -0.231. The zero-order valence-corrected chi connectivity index (χ0v) is 12.2. The van der Waals surface area contributed by atoms with Gasteiger partial charge in [-0.3, -0.25) is 4.79 Å². The number of nitrogens with two attached hydrogens (primary N) is 1. The average molecular weight is 287 g/mol. The van der Waals surface area contributed by atoms with Crippen LogP contribution < -0.4 is 19.9 Å². The van der Waals surface area contributed by atoms with Gasteiger partial charge in [0.2, 0.25) is 0 Å². The molecule has 0 heterocycles. The van der Waals surface area contributed by atoms with Crippen molar-refractivity contribution in [2.45, 2.75) is 0 Å². The van der Waals surface area contributed by atoms with E-state index < -0.39 is 0 Å². The molecule has 0 bridgehead atoms. The fourth-order valence-electron chi connectivity index (χ4n) is 2.05. The molecule has 2 rings (SSSR count). The zero-order valence-electron chi connectivity index (χ0n) is 12.2. The van der Waals surface area contributed by atoms with Crippen molar-refractivity contribution < 1.29 is 19.0 Å². The third-order valence-corrected chi connectivity index (χ3v) is 3.18. The van der Waals surface area contributed by atoms with Crippen LogP contribution in [0.1, 0.15) is 15.9 Å². The maximum absolute atomic E-state index is 12.7. The summed E-state index contributed by atoms with van der Waals surface area (Å²) >= 11 is 0. The summed E-state index contributed by atoms with van der Waals surface area (Å²) in [6.45, 7) is 0. The van der Waals surface area contributed by atoms with Gasteiger partial charge in [0.25, 0.3) is 0 Å². The molecular formula is C16H17NO4. The lowest BCUT2D eigenvalue weighted by atomic mass is 10.0. The number of ketones is 1. The molecule has 0 radical (unpaired) electrons. The van der Waals surface area contributed by atoms with Gasteiger partial charge in [0.1, 0.15) is 17.2 Å². The van der Waals surface area contributed by atoms with Crippen LogP contribution in [-0.2, 0) is 0 Å². The number of para-hydroxylation sites is 1. The summed E-state index contributed by atoms with van der Waals surface area (Å²) in [6, 6.07) is 10.1. The fraction of sp³-hybridized carbons (Fsp3) is 0.188.